The molecule has 3 saturated carbocycles. The molecule has 0 unspecified atom stereocenters. The maximum absolute atomic E-state index is 11.8. The second kappa shape index (κ2) is 5.06. The zero-order valence-corrected chi connectivity index (χ0v) is 13.7. The average molecular weight is 300 g/mol. The van der Waals surface area contributed by atoms with E-state index in [2.05, 4.69) is 13.5 Å². The number of carbonyl (C=O) groups is 1. The van der Waals surface area contributed by atoms with E-state index in [9.17, 15) is 9.90 Å². The van der Waals surface area contributed by atoms with Gasteiger partial charge in [0.05, 0.1) is 6.10 Å². The molecule has 22 heavy (non-hydrogen) atoms. The maximum Gasteiger partial charge on any atom is 0.155 e. The van der Waals surface area contributed by atoms with Crippen LogP contribution in [0.3, 0.4) is 0 Å². The lowest BCUT2D eigenvalue weighted by atomic mass is 9.50. The fourth-order valence-corrected chi connectivity index (χ4v) is 6.60. The Kier molecular flexibility index (Phi) is 3.38. The van der Waals surface area contributed by atoms with Crippen molar-refractivity contribution in [3.05, 3.63) is 23.8 Å². The molecule has 0 spiro atoms. The van der Waals surface area contributed by atoms with Crippen molar-refractivity contribution in [1.29, 1.82) is 0 Å². The first kappa shape index (κ1) is 14.7. The molecule has 0 aromatic heterocycles. The highest BCUT2D eigenvalue weighted by Gasteiger charge is 2.58. The van der Waals surface area contributed by atoms with Crippen molar-refractivity contribution in [3.63, 3.8) is 0 Å². The van der Waals surface area contributed by atoms with Crippen molar-refractivity contribution in [1.82, 2.24) is 0 Å². The van der Waals surface area contributed by atoms with E-state index in [4.69, 9.17) is 0 Å². The lowest BCUT2D eigenvalue weighted by Crippen LogP contribution is -2.49. The van der Waals surface area contributed by atoms with Crippen LogP contribution in [0.4, 0.5) is 0 Å². The Morgan fingerprint density at radius 1 is 1.27 bits per heavy atom. The van der Waals surface area contributed by atoms with Crippen molar-refractivity contribution in [2.45, 2.75) is 64.4 Å². The van der Waals surface area contributed by atoms with E-state index in [1.165, 1.54) is 24.0 Å². The molecule has 0 amide bonds. The second-order valence-corrected chi connectivity index (χ2v) is 8.18. The van der Waals surface area contributed by atoms with Crippen LogP contribution in [0.25, 0.3) is 0 Å². The number of hydrogen-bond acceptors (Lipinski definition) is 2. The van der Waals surface area contributed by atoms with Gasteiger partial charge in [-0.15, -0.1) is 0 Å². The third-order valence-corrected chi connectivity index (χ3v) is 7.54. The molecule has 0 radical (unpaired) electrons. The highest BCUT2D eigenvalue weighted by Crippen LogP contribution is 2.64. The summed E-state index contributed by atoms with van der Waals surface area (Å²) in [4.78, 5) is 11.8. The van der Waals surface area contributed by atoms with Gasteiger partial charge in [-0.3, -0.25) is 4.79 Å². The van der Waals surface area contributed by atoms with Gasteiger partial charge in [-0.25, -0.2) is 0 Å². The minimum absolute atomic E-state index is 0.101. The van der Waals surface area contributed by atoms with E-state index in [1.807, 2.05) is 6.08 Å². The summed E-state index contributed by atoms with van der Waals surface area (Å²) < 4.78 is 0. The molecule has 1 N–H and O–H groups in total. The Bertz CT molecular complexity index is 546. The number of ketones is 1. The maximum atomic E-state index is 11.8. The number of aliphatic hydroxyl groups excluding tert-OH is 1. The van der Waals surface area contributed by atoms with Gasteiger partial charge < -0.3 is 5.11 Å². The van der Waals surface area contributed by atoms with Gasteiger partial charge >= 0.3 is 0 Å². The largest absolute Gasteiger partial charge is 0.393 e. The van der Waals surface area contributed by atoms with E-state index >= 15 is 0 Å². The smallest absolute Gasteiger partial charge is 0.155 e. The molecule has 3 fully saturated rings. The molecule has 0 heterocycles. The predicted octanol–water partition coefficient (Wildman–Crippen LogP) is 4.05. The van der Waals surface area contributed by atoms with Crippen molar-refractivity contribution < 1.29 is 9.90 Å². The third-order valence-electron chi connectivity index (χ3n) is 7.54. The van der Waals surface area contributed by atoms with Crippen molar-refractivity contribution >= 4 is 5.78 Å². The van der Waals surface area contributed by atoms with Crippen LogP contribution in [0.1, 0.15) is 58.3 Å². The fraction of sp³-hybridized carbons (Fsp3) is 0.750. The Morgan fingerprint density at radius 2 is 2.09 bits per heavy atom. The quantitative estimate of drug-likeness (QED) is 0.742. The molecular formula is C20H28O2. The summed E-state index contributed by atoms with van der Waals surface area (Å²) in [5.41, 5.74) is 2.87. The average Bonchev–Trinajstić information content (AvgIpc) is 2.84. The van der Waals surface area contributed by atoms with Gasteiger partial charge in [-0.2, -0.15) is 0 Å². The summed E-state index contributed by atoms with van der Waals surface area (Å²) in [5.74, 6) is 2.82. The van der Waals surface area contributed by atoms with Gasteiger partial charge in [0.15, 0.2) is 5.78 Å². The minimum atomic E-state index is -0.134. The first-order chi connectivity index (χ1) is 10.6. The van der Waals surface area contributed by atoms with Crippen LogP contribution in [0.5, 0.6) is 0 Å². The highest BCUT2D eigenvalue weighted by molar-refractivity contribution is 5.91. The molecule has 0 aromatic rings. The first-order valence-electron chi connectivity index (χ1n) is 9.16. The zero-order valence-electron chi connectivity index (χ0n) is 13.7. The van der Waals surface area contributed by atoms with Crippen LogP contribution in [0.2, 0.25) is 0 Å². The zero-order chi connectivity index (χ0) is 15.5. The van der Waals surface area contributed by atoms with E-state index < -0.39 is 0 Å². The topological polar surface area (TPSA) is 37.3 Å². The monoisotopic (exact) mass is 300 g/mol. The lowest BCUT2D eigenvalue weighted by molar-refractivity contribution is -0.115. The first-order valence-corrected chi connectivity index (χ1v) is 9.16. The number of hydrogen-bond donors (Lipinski definition) is 1. The van der Waals surface area contributed by atoms with E-state index in [0.29, 0.717) is 29.5 Å². The van der Waals surface area contributed by atoms with Crippen LogP contribution in [-0.2, 0) is 4.79 Å². The number of rotatable bonds is 1. The molecule has 4 rings (SSSR count). The molecular weight excluding hydrogens is 272 g/mol. The summed E-state index contributed by atoms with van der Waals surface area (Å²) in [6.45, 7) is 6.73. The fourth-order valence-electron chi connectivity index (χ4n) is 6.60. The Morgan fingerprint density at radius 3 is 2.86 bits per heavy atom. The van der Waals surface area contributed by atoms with Crippen LogP contribution in [0.15, 0.2) is 23.8 Å². The second-order valence-electron chi connectivity index (χ2n) is 8.18. The highest BCUT2D eigenvalue weighted by atomic mass is 16.3. The molecule has 2 nitrogen and oxygen atoms in total. The van der Waals surface area contributed by atoms with Gasteiger partial charge in [0.2, 0.25) is 0 Å². The van der Waals surface area contributed by atoms with Crippen LogP contribution >= 0.6 is 0 Å². The molecule has 0 aliphatic heterocycles. The molecule has 0 bridgehead atoms. The molecule has 6 atom stereocenters. The minimum Gasteiger partial charge on any atom is -0.393 e. The van der Waals surface area contributed by atoms with E-state index in [0.717, 1.165) is 38.5 Å². The van der Waals surface area contributed by atoms with E-state index in [-0.39, 0.29) is 11.5 Å². The predicted molar refractivity (Wildman–Crippen MR) is 87.2 cm³/mol. The lowest BCUT2D eigenvalue weighted by Gasteiger charge is -2.55. The molecule has 2 heteroatoms. The Labute approximate surface area is 133 Å². The van der Waals surface area contributed by atoms with Gasteiger partial charge in [0.1, 0.15) is 0 Å². The van der Waals surface area contributed by atoms with Crippen LogP contribution in [0, 0.1) is 29.1 Å². The van der Waals surface area contributed by atoms with Gasteiger partial charge in [-0.1, -0.05) is 24.6 Å². The van der Waals surface area contributed by atoms with Gasteiger partial charge in [-0.05, 0) is 74.7 Å². The number of allylic oxidation sites excluding steroid dienone is 2. The van der Waals surface area contributed by atoms with E-state index in [1.54, 1.807) is 0 Å². The number of fused-ring (bicyclic) bond motifs is 5. The standard InChI is InChI=1S/C20H28O2/c1-3-20-11-12(2)19-15-7-5-14(21)10-13(15)4-6-16(19)17(20)8-9-18(20)22/h10,15-19,22H,2-9,11H2,1H3/t15-,16-,17-,18-,19+,20+/m0/s1. The molecule has 4 aliphatic carbocycles. The molecule has 0 aromatic carbocycles. The summed E-state index contributed by atoms with van der Waals surface area (Å²) in [6.07, 6.45) is 10.1. The Hall–Kier alpha value is -0.890. The molecule has 120 valence electrons. The SMILES string of the molecule is C=C1C[C@@]2(CC)[C@@H](O)CC[C@H]2[C@@H]2CCC3=CC(=O)CC[C@@H]3[C@@H]12. The third kappa shape index (κ3) is 1.86. The summed E-state index contributed by atoms with van der Waals surface area (Å²) >= 11 is 0. The summed E-state index contributed by atoms with van der Waals surface area (Å²) in [6, 6.07) is 0. The molecule has 0 saturated heterocycles. The van der Waals surface area contributed by atoms with Gasteiger partial charge in [0, 0.05) is 11.8 Å². The summed E-state index contributed by atoms with van der Waals surface area (Å²) in [5, 5.41) is 10.7. The Balaban J connectivity index is 1.70. The van der Waals surface area contributed by atoms with Gasteiger partial charge in [0.25, 0.3) is 0 Å². The van der Waals surface area contributed by atoms with Crippen LogP contribution < -0.4 is 0 Å². The van der Waals surface area contributed by atoms with Crippen molar-refractivity contribution in [2.24, 2.45) is 29.1 Å². The van der Waals surface area contributed by atoms with Crippen molar-refractivity contribution in [2.75, 3.05) is 0 Å². The summed E-state index contributed by atoms with van der Waals surface area (Å²) in [7, 11) is 0. The normalized spacial score (nSPS) is 47.5. The number of carbonyl (C=O) groups excluding carboxylic acids is 1. The molecule has 4 aliphatic rings. The van der Waals surface area contributed by atoms with Crippen molar-refractivity contribution in [3.8, 4) is 0 Å². The number of aliphatic hydroxyl groups is 1. The van der Waals surface area contributed by atoms with Crippen LogP contribution in [-0.4, -0.2) is 17.0 Å².